The first-order valence-electron chi connectivity index (χ1n) is 18.8. The van der Waals surface area contributed by atoms with Crippen molar-refractivity contribution in [3.63, 3.8) is 0 Å². The second kappa shape index (κ2) is 18.8. The van der Waals surface area contributed by atoms with Gasteiger partial charge in [-0.15, -0.1) is 0 Å². The number of aromatic amines is 2. The van der Waals surface area contributed by atoms with Crippen LogP contribution in [0.1, 0.15) is 68.5 Å². The van der Waals surface area contributed by atoms with Gasteiger partial charge in [-0.3, -0.25) is 9.59 Å². The molecule has 5 rings (SSSR count). The molecule has 2 aromatic carbocycles. The number of nitrogens with one attached hydrogen (secondary N) is 5. The van der Waals surface area contributed by atoms with Gasteiger partial charge in [-0.1, -0.05) is 50.9 Å². The highest BCUT2D eigenvalue weighted by Gasteiger charge is 2.37. The molecule has 5 N–H and O–H groups in total. The number of carbonyl (C=O) groups excluding carboxylic acids is 4. The summed E-state index contributed by atoms with van der Waals surface area (Å²) in [7, 11) is 2.83. The number of hydrogen-bond donors (Lipinski definition) is 5. The number of ether oxygens (including phenoxy) is 3. The van der Waals surface area contributed by atoms with Gasteiger partial charge in [0.2, 0.25) is 11.8 Å². The zero-order valence-electron chi connectivity index (χ0n) is 33.2. The summed E-state index contributed by atoms with van der Waals surface area (Å²) in [5.41, 5.74) is 4.92. The van der Waals surface area contributed by atoms with E-state index in [0.29, 0.717) is 18.2 Å². The molecule has 3 heterocycles. The highest BCUT2D eigenvalue weighted by Crippen LogP contribution is 2.33. The Kier molecular flexibility index (Phi) is 13.9. The van der Waals surface area contributed by atoms with Crippen LogP contribution in [-0.2, 0) is 23.8 Å². The van der Waals surface area contributed by atoms with E-state index in [-0.39, 0.29) is 23.9 Å². The monoisotopic (exact) mass is 784 g/mol. The Balaban J connectivity index is 1.27. The molecule has 0 bridgehead atoms. The minimum atomic E-state index is -1.17. The number of H-pyrrole nitrogens is 2. The van der Waals surface area contributed by atoms with Crippen molar-refractivity contribution in [2.45, 2.75) is 83.0 Å². The Morgan fingerprint density at radius 3 is 2.21 bits per heavy atom. The van der Waals surface area contributed by atoms with E-state index in [1.165, 1.54) is 21.3 Å². The number of hydrogen-bond acceptors (Lipinski definition) is 9. The summed E-state index contributed by atoms with van der Waals surface area (Å²) in [5, 5.41) is 8.31. The molecule has 1 saturated heterocycles. The van der Waals surface area contributed by atoms with Crippen molar-refractivity contribution < 1.29 is 33.4 Å². The molecule has 1 aliphatic rings. The van der Waals surface area contributed by atoms with Gasteiger partial charge in [0.15, 0.2) is 0 Å². The fraction of sp³-hybridized carbons (Fsp3) is 0.450. The molecule has 5 atom stereocenters. The van der Waals surface area contributed by atoms with Crippen LogP contribution in [-0.4, -0.2) is 104 Å². The maximum absolute atomic E-state index is 13.6. The number of likely N-dealkylation sites (tertiary alicyclic amines) is 1. The number of carbonyl (C=O) groups is 4. The van der Waals surface area contributed by atoms with Crippen LogP contribution >= 0.6 is 0 Å². The van der Waals surface area contributed by atoms with Gasteiger partial charge < -0.3 is 45.0 Å². The summed E-state index contributed by atoms with van der Waals surface area (Å²) in [5.74, 6) is 7.14. The largest absolute Gasteiger partial charge is 0.453 e. The van der Waals surface area contributed by atoms with Crippen molar-refractivity contribution in [2.75, 3.05) is 27.9 Å². The molecule has 15 nitrogen and oxygen atoms in total. The van der Waals surface area contributed by atoms with Crippen molar-refractivity contribution in [2.24, 2.45) is 5.92 Å². The molecule has 0 aliphatic carbocycles. The molecule has 4 aromatic rings. The van der Waals surface area contributed by atoms with E-state index < -0.39 is 45.1 Å². The molecule has 1 aliphatic heterocycles. The summed E-state index contributed by atoms with van der Waals surface area (Å²) in [6, 6.07) is 12.1. The number of aromatic nitrogens is 4. The third-order valence-electron chi connectivity index (χ3n) is 9.82. The quantitative estimate of drug-likeness (QED) is 0.0936. The Morgan fingerprint density at radius 1 is 0.911 bits per heavy atom. The Hall–Kier alpha value is -5.66. The van der Waals surface area contributed by atoms with Crippen LogP contribution in [0.3, 0.4) is 0 Å². The zero-order chi connectivity index (χ0) is 40.5. The van der Waals surface area contributed by atoms with Crippen LogP contribution in [0.25, 0.3) is 22.3 Å². The number of fused-ring (bicyclic) bond motifs is 1. The summed E-state index contributed by atoms with van der Waals surface area (Å²) in [6.07, 6.45) is 1.40. The van der Waals surface area contributed by atoms with Crippen LogP contribution < -0.4 is 16.0 Å². The van der Waals surface area contributed by atoms with Crippen LogP contribution in [0.4, 0.5) is 9.59 Å². The fourth-order valence-electron chi connectivity index (χ4n) is 6.68. The van der Waals surface area contributed by atoms with Crippen LogP contribution in [0.5, 0.6) is 0 Å². The molecule has 0 spiro atoms. The van der Waals surface area contributed by atoms with Crippen LogP contribution in [0, 0.1) is 17.8 Å². The highest BCUT2D eigenvalue weighted by molar-refractivity contribution is 6.55. The van der Waals surface area contributed by atoms with Crippen LogP contribution in [0.15, 0.2) is 48.7 Å². The number of methoxy groups -OCH3 is 3. The maximum Gasteiger partial charge on any atom is 0.407 e. The number of alkyl carbamates (subject to hydrolysis) is 2. The maximum atomic E-state index is 13.6. The molecule has 0 radical (unpaired) electrons. The van der Waals surface area contributed by atoms with Crippen LogP contribution in [0.2, 0.25) is 19.1 Å². The van der Waals surface area contributed by atoms with Gasteiger partial charge in [0.25, 0.3) is 0 Å². The predicted molar refractivity (Wildman–Crippen MR) is 214 cm³/mol. The minimum Gasteiger partial charge on any atom is -0.453 e. The molecular weight excluding hydrogens is 733 g/mol. The normalized spacial score (nSPS) is 16.1. The van der Waals surface area contributed by atoms with E-state index in [2.05, 4.69) is 55.8 Å². The Morgan fingerprint density at radius 2 is 1.57 bits per heavy atom. The standard InChI is InChI=1S/C40H52N8O7Si/c1-23(2)33(46-39(51)54-5)38(50)48-19-9-10-32(48)36-42-28-18-15-26(20-29(28)43-36)12-11-25-13-16-27(17-14-25)30-21-41-35(44-30)31(22-56(7)8)45-37(49)34(24(3)53-4)47-40(52)55-6/h13-18,20-21,23-24,31-34,56H,9-10,19,22H2,1-8H3,(H,41,44)(H,42,43)(H,45,49)(H,46,51)(H,47,52)/t24?,31-,32-,33-,34-/m0/s1. The first-order chi connectivity index (χ1) is 26.8. The number of benzene rings is 2. The molecule has 1 unspecified atom stereocenters. The first kappa shape index (κ1) is 41.5. The topological polar surface area (TPSA) is 193 Å². The van der Waals surface area contributed by atoms with E-state index in [1.807, 2.05) is 56.3 Å². The number of imidazole rings is 2. The Labute approximate surface area is 328 Å². The van der Waals surface area contributed by atoms with Gasteiger partial charge in [-0.25, -0.2) is 19.6 Å². The minimum absolute atomic E-state index is 0.118. The third kappa shape index (κ3) is 10.1. The Bertz CT molecular complexity index is 2070. The lowest BCUT2D eigenvalue weighted by Gasteiger charge is -2.29. The van der Waals surface area contributed by atoms with E-state index in [1.54, 1.807) is 18.0 Å². The SMILES string of the molecule is COC(=O)N[C@H](C(=O)N1CCC[C@H]1c1nc2cc(C#Cc3ccc(-c4cnc([C@H](C[SiH](C)C)NC(=O)[C@@H](NC(=O)OC)C(C)OC)[nH]4)cc3)ccc2[nH]1)C(C)C. The number of rotatable bonds is 13. The van der Waals surface area contributed by atoms with Gasteiger partial charge in [0.1, 0.15) is 23.7 Å². The second-order valence-electron chi connectivity index (χ2n) is 14.7. The zero-order valence-corrected chi connectivity index (χ0v) is 34.3. The van der Waals surface area contributed by atoms with Crippen molar-refractivity contribution in [3.05, 3.63) is 71.4 Å². The van der Waals surface area contributed by atoms with Crippen molar-refractivity contribution in [1.29, 1.82) is 0 Å². The van der Waals surface area contributed by atoms with E-state index in [0.717, 1.165) is 52.3 Å². The lowest BCUT2D eigenvalue weighted by atomic mass is 10.0. The van der Waals surface area contributed by atoms with Gasteiger partial charge in [-0.2, -0.15) is 0 Å². The first-order valence-corrected chi connectivity index (χ1v) is 21.9. The van der Waals surface area contributed by atoms with Gasteiger partial charge in [-0.05, 0) is 67.6 Å². The van der Waals surface area contributed by atoms with Crippen molar-refractivity contribution >= 4 is 43.8 Å². The molecule has 16 heteroatoms. The van der Waals surface area contributed by atoms with E-state index >= 15 is 0 Å². The van der Waals surface area contributed by atoms with Crippen molar-refractivity contribution in [3.8, 4) is 23.1 Å². The van der Waals surface area contributed by atoms with Gasteiger partial charge >= 0.3 is 12.2 Å². The van der Waals surface area contributed by atoms with Gasteiger partial charge in [0.05, 0.1) is 55.3 Å². The highest BCUT2D eigenvalue weighted by atomic mass is 28.3. The summed E-state index contributed by atoms with van der Waals surface area (Å²) < 4.78 is 14.8. The average Bonchev–Trinajstić information content (AvgIpc) is 3.97. The lowest BCUT2D eigenvalue weighted by molar-refractivity contribution is -0.135. The summed E-state index contributed by atoms with van der Waals surface area (Å²) >= 11 is 0. The van der Waals surface area contributed by atoms with Gasteiger partial charge in [0, 0.05) is 33.6 Å². The van der Waals surface area contributed by atoms with E-state index in [4.69, 9.17) is 19.2 Å². The summed E-state index contributed by atoms with van der Waals surface area (Å²) in [4.78, 5) is 68.8. The summed E-state index contributed by atoms with van der Waals surface area (Å²) in [6.45, 7) is 10.5. The molecular formula is C40H52N8O7Si. The van der Waals surface area contributed by atoms with E-state index in [9.17, 15) is 19.2 Å². The number of nitrogens with zero attached hydrogens (tertiary/aromatic N) is 3. The number of amides is 4. The second-order valence-corrected chi connectivity index (χ2v) is 17.9. The molecule has 298 valence electrons. The molecule has 2 aromatic heterocycles. The molecule has 56 heavy (non-hydrogen) atoms. The smallest absolute Gasteiger partial charge is 0.407 e. The predicted octanol–water partition coefficient (Wildman–Crippen LogP) is 4.80. The third-order valence-corrected chi connectivity index (χ3v) is 11.2. The fourth-order valence-corrected chi connectivity index (χ4v) is 7.97. The lowest BCUT2D eigenvalue weighted by Crippen LogP contribution is -2.53. The van der Waals surface area contributed by atoms with Crippen molar-refractivity contribution in [1.82, 2.24) is 40.8 Å². The molecule has 0 saturated carbocycles. The molecule has 4 amide bonds. The average molecular weight is 785 g/mol. The molecule has 1 fully saturated rings.